The SMILES string of the molecule is CCCN(C)Cc1sccc1C#CCO. The second-order valence-corrected chi connectivity index (χ2v) is 4.46. The molecular weight excluding hydrogens is 206 g/mol. The van der Waals surface area contributed by atoms with E-state index in [2.05, 4.69) is 36.1 Å². The smallest absolute Gasteiger partial charge is 0.104 e. The zero-order valence-electron chi connectivity index (χ0n) is 9.29. The van der Waals surface area contributed by atoms with Gasteiger partial charge < -0.3 is 10.0 Å². The lowest BCUT2D eigenvalue weighted by atomic mass is 10.2. The summed E-state index contributed by atoms with van der Waals surface area (Å²) in [4.78, 5) is 3.57. The van der Waals surface area contributed by atoms with Crippen molar-refractivity contribution in [2.45, 2.75) is 19.9 Å². The van der Waals surface area contributed by atoms with Gasteiger partial charge in [-0.25, -0.2) is 0 Å². The van der Waals surface area contributed by atoms with Crippen LogP contribution in [0.3, 0.4) is 0 Å². The van der Waals surface area contributed by atoms with E-state index in [0.29, 0.717) is 0 Å². The Labute approximate surface area is 95.5 Å². The highest BCUT2D eigenvalue weighted by Gasteiger charge is 2.04. The number of hydrogen-bond donors (Lipinski definition) is 1. The van der Waals surface area contributed by atoms with Crippen LogP contribution in [0.25, 0.3) is 0 Å². The standard InChI is InChI=1S/C12H17NOS/c1-3-7-13(2)10-12-11(5-4-8-14)6-9-15-12/h6,9,14H,3,7-8,10H2,1-2H3. The molecule has 1 aromatic heterocycles. The van der Waals surface area contributed by atoms with E-state index in [4.69, 9.17) is 5.11 Å². The normalized spacial score (nSPS) is 10.1. The van der Waals surface area contributed by atoms with Crippen LogP contribution >= 0.6 is 11.3 Å². The molecule has 0 spiro atoms. The highest BCUT2D eigenvalue weighted by atomic mass is 32.1. The molecule has 0 unspecified atom stereocenters. The summed E-state index contributed by atoms with van der Waals surface area (Å²) < 4.78 is 0. The Hall–Kier alpha value is -0.820. The van der Waals surface area contributed by atoms with Crippen LogP contribution in [0.1, 0.15) is 23.8 Å². The molecule has 1 heterocycles. The maximum atomic E-state index is 8.64. The molecule has 1 aromatic rings. The Morgan fingerprint density at radius 3 is 3.00 bits per heavy atom. The van der Waals surface area contributed by atoms with E-state index in [1.165, 1.54) is 11.3 Å². The molecule has 0 aliphatic heterocycles. The van der Waals surface area contributed by atoms with E-state index < -0.39 is 0 Å². The van der Waals surface area contributed by atoms with Crippen LogP contribution < -0.4 is 0 Å². The second-order valence-electron chi connectivity index (χ2n) is 3.46. The van der Waals surface area contributed by atoms with Crippen molar-refractivity contribution in [1.82, 2.24) is 4.90 Å². The number of hydrogen-bond acceptors (Lipinski definition) is 3. The Balaban J connectivity index is 2.64. The lowest BCUT2D eigenvalue weighted by molar-refractivity contribution is 0.330. The number of rotatable bonds is 4. The van der Waals surface area contributed by atoms with Gasteiger partial charge in [0.05, 0.1) is 0 Å². The molecule has 0 aliphatic rings. The fourth-order valence-corrected chi connectivity index (χ4v) is 2.32. The quantitative estimate of drug-likeness (QED) is 0.788. The zero-order valence-corrected chi connectivity index (χ0v) is 10.1. The lowest BCUT2D eigenvalue weighted by Gasteiger charge is -2.14. The fraction of sp³-hybridized carbons (Fsp3) is 0.500. The molecule has 0 radical (unpaired) electrons. The highest BCUT2D eigenvalue weighted by Crippen LogP contribution is 2.17. The maximum Gasteiger partial charge on any atom is 0.104 e. The average Bonchev–Trinajstić information content (AvgIpc) is 2.63. The topological polar surface area (TPSA) is 23.5 Å². The molecule has 0 fully saturated rings. The number of nitrogens with zero attached hydrogens (tertiary/aromatic N) is 1. The fourth-order valence-electron chi connectivity index (χ4n) is 1.42. The van der Waals surface area contributed by atoms with Crippen LogP contribution in [0, 0.1) is 11.8 Å². The molecule has 0 saturated carbocycles. The Morgan fingerprint density at radius 2 is 2.33 bits per heavy atom. The van der Waals surface area contributed by atoms with Crippen molar-refractivity contribution in [3.8, 4) is 11.8 Å². The summed E-state index contributed by atoms with van der Waals surface area (Å²) in [7, 11) is 2.12. The van der Waals surface area contributed by atoms with Gasteiger partial charge in [0.25, 0.3) is 0 Å². The predicted octanol–water partition coefficient (Wildman–Crippen LogP) is 1.93. The summed E-state index contributed by atoms with van der Waals surface area (Å²) in [5, 5.41) is 10.7. The van der Waals surface area contributed by atoms with Gasteiger partial charge in [0.15, 0.2) is 0 Å². The molecule has 1 N–H and O–H groups in total. The van der Waals surface area contributed by atoms with Crippen molar-refractivity contribution in [3.63, 3.8) is 0 Å². The van der Waals surface area contributed by atoms with Crippen molar-refractivity contribution in [2.24, 2.45) is 0 Å². The van der Waals surface area contributed by atoms with Crippen LogP contribution in [0.15, 0.2) is 11.4 Å². The van der Waals surface area contributed by atoms with Crippen LogP contribution in [0.2, 0.25) is 0 Å². The van der Waals surface area contributed by atoms with Crippen molar-refractivity contribution in [3.05, 3.63) is 21.9 Å². The number of aliphatic hydroxyl groups excluding tert-OH is 1. The summed E-state index contributed by atoms with van der Waals surface area (Å²) in [6.45, 7) is 4.16. The van der Waals surface area contributed by atoms with Crippen LogP contribution in [0.4, 0.5) is 0 Å². The Morgan fingerprint density at radius 1 is 1.53 bits per heavy atom. The van der Waals surface area contributed by atoms with E-state index in [1.54, 1.807) is 11.3 Å². The Bertz CT molecular complexity index is 348. The van der Waals surface area contributed by atoms with Gasteiger partial charge in [-0.2, -0.15) is 0 Å². The first kappa shape index (κ1) is 12.3. The van der Waals surface area contributed by atoms with Gasteiger partial charge in [-0.1, -0.05) is 18.8 Å². The second kappa shape index (κ2) is 6.62. The van der Waals surface area contributed by atoms with Crippen molar-refractivity contribution < 1.29 is 5.11 Å². The molecule has 0 saturated heterocycles. The van der Waals surface area contributed by atoms with Gasteiger partial charge in [0, 0.05) is 17.0 Å². The van der Waals surface area contributed by atoms with Crippen molar-refractivity contribution in [1.29, 1.82) is 0 Å². The summed E-state index contributed by atoms with van der Waals surface area (Å²) in [6, 6.07) is 2.02. The van der Waals surface area contributed by atoms with Gasteiger partial charge >= 0.3 is 0 Å². The molecule has 0 aromatic carbocycles. The molecule has 0 amide bonds. The predicted molar refractivity (Wildman–Crippen MR) is 64.9 cm³/mol. The number of aliphatic hydroxyl groups is 1. The van der Waals surface area contributed by atoms with Crippen molar-refractivity contribution in [2.75, 3.05) is 20.2 Å². The molecule has 15 heavy (non-hydrogen) atoms. The minimum absolute atomic E-state index is 0.0694. The lowest BCUT2D eigenvalue weighted by Crippen LogP contribution is -2.18. The van der Waals surface area contributed by atoms with Gasteiger partial charge in [-0.3, -0.25) is 0 Å². The molecule has 0 bridgehead atoms. The minimum Gasteiger partial charge on any atom is -0.384 e. The summed E-state index contributed by atoms with van der Waals surface area (Å²) in [5.74, 6) is 5.66. The van der Waals surface area contributed by atoms with Gasteiger partial charge in [0.2, 0.25) is 0 Å². The van der Waals surface area contributed by atoms with Crippen molar-refractivity contribution >= 4 is 11.3 Å². The first-order valence-corrected chi connectivity index (χ1v) is 6.00. The summed E-state index contributed by atoms with van der Waals surface area (Å²) in [6.07, 6.45) is 1.17. The first-order chi connectivity index (χ1) is 7.27. The van der Waals surface area contributed by atoms with E-state index in [0.717, 1.165) is 18.7 Å². The maximum absolute atomic E-state index is 8.64. The monoisotopic (exact) mass is 223 g/mol. The molecule has 1 rings (SSSR count). The third-order valence-electron chi connectivity index (χ3n) is 2.07. The van der Waals surface area contributed by atoms with E-state index in [1.807, 2.05) is 6.07 Å². The van der Waals surface area contributed by atoms with Crippen LogP contribution in [0.5, 0.6) is 0 Å². The zero-order chi connectivity index (χ0) is 11.1. The van der Waals surface area contributed by atoms with Gasteiger partial charge in [0.1, 0.15) is 6.61 Å². The molecule has 82 valence electrons. The first-order valence-electron chi connectivity index (χ1n) is 5.12. The summed E-state index contributed by atoms with van der Waals surface area (Å²) >= 11 is 1.73. The molecule has 0 aliphatic carbocycles. The van der Waals surface area contributed by atoms with E-state index in [-0.39, 0.29) is 6.61 Å². The van der Waals surface area contributed by atoms with E-state index in [9.17, 15) is 0 Å². The minimum atomic E-state index is -0.0694. The van der Waals surface area contributed by atoms with Gasteiger partial charge in [-0.05, 0) is 31.5 Å². The molecule has 2 nitrogen and oxygen atoms in total. The third kappa shape index (κ3) is 4.05. The molecular formula is C12H17NOS. The number of thiophene rings is 1. The van der Waals surface area contributed by atoms with E-state index >= 15 is 0 Å². The third-order valence-corrected chi connectivity index (χ3v) is 2.97. The largest absolute Gasteiger partial charge is 0.384 e. The molecule has 3 heteroatoms. The van der Waals surface area contributed by atoms with Gasteiger partial charge in [-0.15, -0.1) is 11.3 Å². The average molecular weight is 223 g/mol. The van der Waals surface area contributed by atoms with Crippen LogP contribution in [-0.2, 0) is 6.54 Å². The Kier molecular flexibility index (Phi) is 5.41. The summed E-state index contributed by atoms with van der Waals surface area (Å²) in [5.41, 5.74) is 1.05. The van der Waals surface area contributed by atoms with Crippen LogP contribution in [-0.4, -0.2) is 30.2 Å². The molecule has 0 atom stereocenters. The highest BCUT2D eigenvalue weighted by molar-refractivity contribution is 7.10.